The molecule has 1 aromatic heterocycles. The summed E-state index contributed by atoms with van der Waals surface area (Å²) in [4.78, 5) is 0. The fraction of sp³-hybridized carbons (Fsp3) is 0.778. The number of aryl methyl sites for hydroxylation is 1. The molecule has 2 heterocycles. The molecule has 0 aliphatic carbocycles. The van der Waals surface area contributed by atoms with Gasteiger partial charge in [-0.15, -0.1) is 16.7 Å². The van der Waals surface area contributed by atoms with Gasteiger partial charge in [-0.1, -0.05) is 5.10 Å². The van der Waals surface area contributed by atoms with Crippen molar-refractivity contribution in [2.75, 3.05) is 29.2 Å². The van der Waals surface area contributed by atoms with Crippen molar-refractivity contribution in [2.24, 2.45) is 5.92 Å². The molecule has 1 fully saturated rings. The van der Waals surface area contributed by atoms with Gasteiger partial charge in [-0.05, 0) is 12.3 Å². The van der Waals surface area contributed by atoms with E-state index in [9.17, 15) is 8.42 Å². The first-order valence-electron chi connectivity index (χ1n) is 5.42. The second kappa shape index (κ2) is 5.22. The van der Waals surface area contributed by atoms with Crippen molar-refractivity contribution in [3.8, 4) is 0 Å². The highest BCUT2D eigenvalue weighted by molar-refractivity contribution is 7.91. The summed E-state index contributed by atoms with van der Waals surface area (Å²) < 4.78 is 27.8. The lowest BCUT2D eigenvalue weighted by atomic mass is 10.1. The lowest BCUT2D eigenvalue weighted by Crippen LogP contribution is -2.15. The van der Waals surface area contributed by atoms with E-state index < -0.39 is 9.84 Å². The molecule has 1 N–H and O–H groups in total. The molecule has 17 heavy (non-hydrogen) atoms. The standard InChI is InChI=1S/C9H14ClN3O3S/c10-3-1-8-12-13-9(16-8)11-5-7-2-4-17(14,15)6-7/h7H,1-6H2,(H,11,13). The fourth-order valence-corrected chi connectivity index (χ4v) is 3.80. The zero-order valence-corrected chi connectivity index (χ0v) is 10.8. The van der Waals surface area contributed by atoms with Gasteiger partial charge in [0.05, 0.1) is 11.5 Å². The summed E-state index contributed by atoms with van der Waals surface area (Å²) in [5.74, 6) is 1.57. The van der Waals surface area contributed by atoms with Crippen LogP contribution in [0.15, 0.2) is 4.42 Å². The Labute approximate surface area is 105 Å². The minimum Gasteiger partial charge on any atom is -0.408 e. The van der Waals surface area contributed by atoms with Crippen LogP contribution >= 0.6 is 11.6 Å². The fourth-order valence-electron chi connectivity index (χ4n) is 1.77. The first kappa shape index (κ1) is 12.6. The van der Waals surface area contributed by atoms with Crippen molar-refractivity contribution in [1.29, 1.82) is 0 Å². The molecule has 96 valence electrons. The van der Waals surface area contributed by atoms with E-state index in [-0.39, 0.29) is 17.4 Å². The van der Waals surface area contributed by atoms with Gasteiger partial charge in [-0.25, -0.2) is 8.42 Å². The van der Waals surface area contributed by atoms with Crippen LogP contribution in [0.4, 0.5) is 6.01 Å². The smallest absolute Gasteiger partial charge is 0.315 e. The van der Waals surface area contributed by atoms with Gasteiger partial charge in [-0.3, -0.25) is 0 Å². The third-order valence-corrected chi connectivity index (χ3v) is 4.67. The largest absolute Gasteiger partial charge is 0.408 e. The van der Waals surface area contributed by atoms with Gasteiger partial charge >= 0.3 is 6.01 Å². The van der Waals surface area contributed by atoms with Gasteiger partial charge in [-0.2, -0.15) is 0 Å². The number of alkyl halides is 1. The van der Waals surface area contributed by atoms with Crippen LogP contribution in [0.1, 0.15) is 12.3 Å². The maximum Gasteiger partial charge on any atom is 0.315 e. The minimum absolute atomic E-state index is 0.128. The van der Waals surface area contributed by atoms with Gasteiger partial charge in [0.2, 0.25) is 5.89 Å². The molecule has 2 rings (SSSR count). The number of nitrogens with one attached hydrogen (secondary N) is 1. The molecule has 0 radical (unpaired) electrons. The molecule has 1 unspecified atom stereocenters. The Hall–Kier alpha value is -0.820. The van der Waals surface area contributed by atoms with Crippen LogP contribution in [0, 0.1) is 5.92 Å². The number of hydrogen-bond acceptors (Lipinski definition) is 6. The summed E-state index contributed by atoms with van der Waals surface area (Å²) in [6, 6.07) is 0.328. The minimum atomic E-state index is -2.83. The lowest BCUT2D eigenvalue weighted by molar-refractivity contribution is 0.505. The Morgan fingerprint density at radius 2 is 2.29 bits per heavy atom. The first-order valence-corrected chi connectivity index (χ1v) is 7.77. The Bertz CT molecular complexity index is 474. The number of halogens is 1. The van der Waals surface area contributed by atoms with E-state index in [0.29, 0.717) is 37.2 Å². The zero-order valence-electron chi connectivity index (χ0n) is 9.23. The van der Waals surface area contributed by atoms with Crippen molar-refractivity contribution in [1.82, 2.24) is 10.2 Å². The summed E-state index contributed by atoms with van der Waals surface area (Å²) in [5.41, 5.74) is 0. The number of anilines is 1. The normalized spacial score (nSPS) is 22.8. The van der Waals surface area contributed by atoms with Gasteiger partial charge < -0.3 is 9.73 Å². The third kappa shape index (κ3) is 3.57. The Morgan fingerprint density at radius 1 is 1.47 bits per heavy atom. The molecule has 6 nitrogen and oxygen atoms in total. The van der Waals surface area contributed by atoms with E-state index >= 15 is 0 Å². The molecule has 8 heteroatoms. The molecule has 0 amide bonds. The van der Waals surface area contributed by atoms with Gasteiger partial charge in [0.1, 0.15) is 0 Å². The highest BCUT2D eigenvalue weighted by atomic mass is 35.5. The average molecular weight is 280 g/mol. The molecule has 0 aromatic carbocycles. The monoisotopic (exact) mass is 279 g/mol. The highest BCUT2D eigenvalue weighted by Gasteiger charge is 2.27. The summed E-state index contributed by atoms with van der Waals surface area (Å²) in [6.07, 6.45) is 1.23. The Kier molecular flexibility index (Phi) is 3.88. The van der Waals surface area contributed by atoms with E-state index in [1.165, 1.54) is 0 Å². The molecular formula is C9H14ClN3O3S. The van der Waals surface area contributed by atoms with E-state index in [0.717, 1.165) is 0 Å². The van der Waals surface area contributed by atoms with Crippen molar-refractivity contribution < 1.29 is 12.8 Å². The zero-order chi connectivity index (χ0) is 12.3. The van der Waals surface area contributed by atoms with Crippen LogP contribution in [0.3, 0.4) is 0 Å². The summed E-state index contributed by atoms with van der Waals surface area (Å²) >= 11 is 5.54. The summed E-state index contributed by atoms with van der Waals surface area (Å²) in [5, 5.41) is 10.5. The molecule has 1 aromatic rings. The van der Waals surface area contributed by atoms with Crippen molar-refractivity contribution in [2.45, 2.75) is 12.8 Å². The van der Waals surface area contributed by atoms with Crippen LogP contribution in [-0.4, -0.2) is 42.5 Å². The number of nitrogens with zero attached hydrogens (tertiary/aromatic N) is 2. The van der Waals surface area contributed by atoms with E-state index in [4.69, 9.17) is 16.0 Å². The topological polar surface area (TPSA) is 85.1 Å². The Balaban J connectivity index is 1.82. The van der Waals surface area contributed by atoms with E-state index in [1.807, 2.05) is 0 Å². The molecule has 0 spiro atoms. The summed E-state index contributed by atoms with van der Waals surface area (Å²) in [6.45, 7) is 0.543. The number of sulfone groups is 1. The van der Waals surface area contributed by atoms with Gasteiger partial charge in [0.15, 0.2) is 9.84 Å². The molecule has 0 saturated carbocycles. The van der Waals surface area contributed by atoms with Crippen molar-refractivity contribution in [3.05, 3.63) is 5.89 Å². The van der Waals surface area contributed by atoms with Crippen molar-refractivity contribution >= 4 is 27.5 Å². The highest BCUT2D eigenvalue weighted by Crippen LogP contribution is 2.18. The molecule has 1 saturated heterocycles. The van der Waals surface area contributed by atoms with Gasteiger partial charge in [0, 0.05) is 18.8 Å². The Morgan fingerprint density at radius 3 is 2.94 bits per heavy atom. The van der Waals surface area contributed by atoms with Crippen LogP contribution in [0.25, 0.3) is 0 Å². The number of rotatable bonds is 5. The molecule has 1 aliphatic heterocycles. The lowest BCUT2D eigenvalue weighted by Gasteiger charge is -2.06. The SMILES string of the molecule is O=S1(=O)CCC(CNc2nnc(CCCl)o2)C1. The van der Waals surface area contributed by atoms with Crippen LogP contribution in [-0.2, 0) is 16.3 Å². The molecular weight excluding hydrogens is 266 g/mol. The predicted molar refractivity (Wildman–Crippen MR) is 64.0 cm³/mol. The maximum absolute atomic E-state index is 11.2. The maximum atomic E-state index is 11.2. The second-order valence-electron chi connectivity index (χ2n) is 4.09. The molecule has 1 aliphatic rings. The van der Waals surface area contributed by atoms with E-state index in [1.54, 1.807) is 0 Å². The molecule has 0 bridgehead atoms. The second-order valence-corrected chi connectivity index (χ2v) is 6.70. The van der Waals surface area contributed by atoms with E-state index in [2.05, 4.69) is 15.5 Å². The third-order valence-electron chi connectivity index (χ3n) is 2.64. The quantitative estimate of drug-likeness (QED) is 0.799. The number of aromatic nitrogens is 2. The first-order chi connectivity index (χ1) is 8.09. The predicted octanol–water partition coefficient (Wildman–Crippen LogP) is 0.697. The number of hydrogen-bond donors (Lipinski definition) is 1. The molecule has 1 atom stereocenters. The van der Waals surface area contributed by atoms with Crippen molar-refractivity contribution in [3.63, 3.8) is 0 Å². The van der Waals surface area contributed by atoms with Crippen LogP contribution < -0.4 is 5.32 Å². The average Bonchev–Trinajstić information content (AvgIpc) is 2.83. The van der Waals surface area contributed by atoms with Gasteiger partial charge in [0.25, 0.3) is 0 Å². The van der Waals surface area contributed by atoms with Crippen LogP contribution in [0.2, 0.25) is 0 Å². The summed E-state index contributed by atoms with van der Waals surface area (Å²) in [7, 11) is -2.83. The van der Waals surface area contributed by atoms with Crippen LogP contribution in [0.5, 0.6) is 0 Å².